The molecule has 1 aromatic carbocycles. The Morgan fingerprint density at radius 2 is 2.08 bits per heavy atom. The molecule has 26 heavy (non-hydrogen) atoms. The van der Waals surface area contributed by atoms with Gasteiger partial charge in [-0.05, 0) is 55.3 Å². The van der Waals surface area contributed by atoms with Crippen molar-refractivity contribution in [3.63, 3.8) is 0 Å². The lowest BCUT2D eigenvalue weighted by Gasteiger charge is -2.45. The van der Waals surface area contributed by atoms with Gasteiger partial charge in [0.1, 0.15) is 11.1 Å². The molecule has 1 aliphatic rings. The Bertz CT molecular complexity index is 1060. The number of anilines is 1. The number of nitrogens with zero attached hydrogens (tertiary/aromatic N) is 1. The fourth-order valence-electron chi connectivity index (χ4n) is 3.89. The van der Waals surface area contributed by atoms with Crippen molar-refractivity contribution in [1.29, 1.82) is 0 Å². The third kappa shape index (κ3) is 2.58. The van der Waals surface area contributed by atoms with E-state index < -0.39 is 5.63 Å². The second-order valence-electron chi connectivity index (χ2n) is 7.71. The minimum absolute atomic E-state index is 0.0369. The molecule has 0 bridgehead atoms. The standard InChI is InChI=1S/C21H21NO3S/c1-12-10-21(2,3)22(4)17-9-18-14(7-15(12)17)8-16(20(24)25-18)19(23)13-5-6-26-11-13/h5-9,11-12H,10H2,1-4H3/t12-/m0/s1. The molecule has 0 amide bonds. The zero-order valence-corrected chi connectivity index (χ0v) is 16.1. The summed E-state index contributed by atoms with van der Waals surface area (Å²) in [5.74, 6) is 0.106. The molecule has 0 radical (unpaired) electrons. The number of thiophene rings is 1. The molecule has 134 valence electrons. The maximum atomic E-state index is 12.6. The molecule has 0 N–H and O–H groups in total. The van der Waals surface area contributed by atoms with Crippen molar-refractivity contribution in [2.24, 2.45) is 0 Å². The van der Waals surface area contributed by atoms with E-state index in [0.29, 0.717) is 17.1 Å². The Hall–Kier alpha value is -2.40. The van der Waals surface area contributed by atoms with Gasteiger partial charge in [0, 0.05) is 40.7 Å². The third-order valence-electron chi connectivity index (χ3n) is 5.52. The Morgan fingerprint density at radius 1 is 1.31 bits per heavy atom. The number of benzene rings is 1. The Balaban J connectivity index is 1.90. The van der Waals surface area contributed by atoms with Crippen LogP contribution in [-0.4, -0.2) is 18.4 Å². The van der Waals surface area contributed by atoms with Gasteiger partial charge in [0.2, 0.25) is 5.78 Å². The molecule has 3 aromatic rings. The molecule has 0 saturated carbocycles. The number of ketones is 1. The fraction of sp³-hybridized carbons (Fsp3) is 0.333. The van der Waals surface area contributed by atoms with Crippen LogP contribution in [0.4, 0.5) is 5.69 Å². The molecule has 4 rings (SSSR count). The lowest BCUT2D eigenvalue weighted by Crippen LogP contribution is -2.45. The van der Waals surface area contributed by atoms with Crippen molar-refractivity contribution in [2.75, 3.05) is 11.9 Å². The second kappa shape index (κ2) is 5.81. The zero-order chi connectivity index (χ0) is 18.6. The first-order valence-electron chi connectivity index (χ1n) is 8.70. The molecule has 0 aliphatic carbocycles. The van der Waals surface area contributed by atoms with Gasteiger partial charge in [0.15, 0.2) is 0 Å². The lowest BCUT2D eigenvalue weighted by molar-refractivity contribution is 0.103. The van der Waals surface area contributed by atoms with Crippen molar-refractivity contribution < 1.29 is 9.21 Å². The smallest absolute Gasteiger partial charge is 0.347 e. The topological polar surface area (TPSA) is 50.5 Å². The molecular formula is C21H21NO3S. The predicted octanol–water partition coefficient (Wildman–Crippen LogP) is 4.81. The molecule has 4 nitrogen and oxygen atoms in total. The first kappa shape index (κ1) is 17.0. The van der Waals surface area contributed by atoms with Gasteiger partial charge in [-0.2, -0.15) is 11.3 Å². The Kier molecular flexibility index (Phi) is 3.81. The summed E-state index contributed by atoms with van der Waals surface area (Å²) in [4.78, 5) is 27.3. The fourth-order valence-corrected chi connectivity index (χ4v) is 4.52. The molecule has 5 heteroatoms. The van der Waals surface area contributed by atoms with Crippen LogP contribution in [0.3, 0.4) is 0 Å². The van der Waals surface area contributed by atoms with E-state index in [-0.39, 0.29) is 16.9 Å². The highest BCUT2D eigenvalue weighted by Gasteiger charge is 2.34. The van der Waals surface area contributed by atoms with E-state index in [0.717, 1.165) is 17.5 Å². The first-order chi connectivity index (χ1) is 12.3. The SMILES string of the molecule is C[C@H]1CC(C)(C)N(C)c2cc3oc(=O)c(C(=O)c4ccsc4)cc3cc21. The molecule has 1 aliphatic heterocycles. The molecule has 2 aromatic heterocycles. The molecule has 0 fully saturated rings. The normalized spacial score (nSPS) is 18.8. The van der Waals surface area contributed by atoms with Crippen LogP contribution in [0.5, 0.6) is 0 Å². The first-order valence-corrected chi connectivity index (χ1v) is 9.65. The van der Waals surface area contributed by atoms with Crippen molar-refractivity contribution in [1.82, 2.24) is 0 Å². The Morgan fingerprint density at radius 3 is 2.77 bits per heavy atom. The highest BCUT2D eigenvalue weighted by molar-refractivity contribution is 7.08. The van der Waals surface area contributed by atoms with Gasteiger partial charge in [-0.25, -0.2) is 4.79 Å². The predicted molar refractivity (Wildman–Crippen MR) is 106 cm³/mol. The number of carbonyl (C=O) groups is 1. The molecular weight excluding hydrogens is 346 g/mol. The monoisotopic (exact) mass is 367 g/mol. The average Bonchev–Trinajstić information content (AvgIpc) is 3.12. The summed E-state index contributed by atoms with van der Waals surface area (Å²) < 4.78 is 5.53. The third-order valence-corrected chi connectivity index (χ3v) is 6.20. The average molecular weight is 367 g/mol. The van der Waals surface area contributed by atoms with Gasteiger partial charge in [0.25, 0.3) is 0 Å². The van der Waals surface area contributed by atoms with E-state index in [1.54, 1.807) is 17.5 Å². The summed E-state index contributed by atoms with van der Waals surface area (Å²) in [6.07, 6.45) is 1.04. The molecule has 1 atom stereocenters. The highest BCUT2D eigenvalue weighted by Crippen LogP contribution is 2.43. The van der Waals surface area contributed by atoms with E-state index in [4.69, 9.17) is 4.42 Å². The zero-order valence-electron chi connectivity index (χ0n) is 15.3. The van der Waals surface area contributed by atoms with Gasteiger partial charge in [-0.3, -0.25) is 4.79 Å². The van der Waals surface area contributed by atoms with Gasteiger partial charge >= 0.3 is 5.63 Å². The van der Waals surface area contributed by atoms with Crippen LogP contribution in [-0.2, 0) is 0 Å². The van der Waals surface area contributed by atoms with E-state index >= 15 is 0 Å². The maximum Gasteiger partial charge on any atom is 0.347 e. The maximum absolute atomic E-state index is 12.6. The Labute approximate surface area is 156 Å². The molecule has 0 unspecified atom stereocenters. The van der Waals surface area contributed by atoms with Crippen LogP contribution >= 0.6 is 11.3 Å². The number of hydrogen-bond acceptors (Lipinski definition) is 5. The quantitative estimate of drug-likeness (QED) is 0.482. The lowest BCUT2D eigenvalue weighted by atomic mass is 9.80. The van der Waals surface area contributed by atoms with E-state index in [2.05, 4.69) is 38.8 Å². The van der Waals surface area contributed by atoms with Crippen LogP contribution in [0, 0.1) is 0 Å². The van der Waals surface area contributed by atoms with Crippen molar-refractivity contribution >= 4 is 33.8 Å². The van der Waals surface area contributed by atoms with E-state index in [9.17, 15) is 9.59 Å². The van der Waals surface area contributed by atoms with E-state index in [1.165, 1.54) is 16.9 Å². The van der Waals surface area contributed by atoms with E-state index in [1.807, 2.05) is 11.4 Å². The minimum atomic E-state index is -0.584. The minimum Gasteiger partial charge on any atom is -0.422 e. The second-order valence-corrected chi connectivity index (χ2v) is 8.49. The van der Waals surface area contributed by atoms with Crippen LogP contribution in [0.25, 0.3) is 11.0 Å². The number of carbonyl (C=O) groups excluding carboxylic acids is 1. The highest BCUT2D eigenvalue weighted by atomic mass is 32.1. The van der Waals surface area contributed by atoms with Crippen molar-refractivity contribution in [3.05, 3.63) is 62.1 Å². The van der Waals surface area contributed by atoms with Crippen molar-refractivity contribution in [2.45, 2.75) is 38.6 Å². The number of rotatable bonds is 2. The van der Waals surface area contributed by atoms with Gasteiger partial charge < -0.3 is 9.32 Å². The van der Waals surface area contributed by atoms with Crippen molar-refractivity contribution in [3.8, 4) is 0 Å². The van der Waals surface area contributed by atoms with Crippen LogP contribution in [0.1, 0.15) is 54.6 Å². The molecule has 0 spiro atoms. The summed E-state index contributed by atoms with van der Waals surface area (Å²) in [6, 6.07) is 7.40. The van der Waals surface area contributed by atoms with Crippen LogP contribution in [0.2, 0.25) is 0 Å². The number of fused-ring (bicyclic) bond motifs is 2. The van der Waals surface area contributed by atoms with Gasteiger partial charge in [-0.15, -0.1) is 0 Å². The van der Waals surface area contributed by atoms with Crippen LogP contribution in [0.15, 0.2) is 44.2 Å². The summed E-state index contributed by atoms with van der Waals surface area (Å²) >= 11 is 1.43. The van der Waals surface area contributed by atoms with Gasteiger partial charge in [0.05, 0.1) is 0 Å². The molecule has 3 heterocycles. The van der Waals surface area contributed by atoms with Gasteiger partial charge in [-0.1, -0.05) is 6.92 Å². The summed E-state index contributed by atoms with van der Waals surface area (Å²) in [5.41, 5.74) is 2.90. The number of hydrogen-bond donors (Lipinski definition) is 0. The molecule has 0 saturated heterocycles. The largest absolute Gasteiger partial charge is 0.422 e. The summed E-state index contributed by atoms with van der Waals surface area (Å²) in [7, 11) is 2.07. The van der Waals surface area contributed by atoms with Crippen LogP contribution < -0.4 is 10.5 Å². The summed E-state index contributed by atoms with van der Waals surface area (Å²) in [6.45, 7) is 6.65. The summed E-state index contributed by atoms with van der Waals surface area (Å²) in [5, 5.41) is 4.37.